The van der Waals surface area contributed by atoms with Crippen LogP contribution in [0.25, 0.3) is 6.08 Å². The molecule has 0 saturated carbocycles. The summed E-state index contributed by atoms with van der Waals surface area (Å²) in [7, 11) is 0. The van der Waals surface area contributed by atoms with Crippen molar-refractivity contribution in [2.45, 2.75) is 26.8 Å². The van der Waals surface area contributed by atoms with E-state index in [0.29, 0.717) is 44.2 Å². The molecule has 0 atom stereocenters. The molecule has 0 saturated heterocycles. The molecule has 6 heteroatoms. The number of benzene rings is 2. The monoisotopic (exact) mass is 417 g/mol. The Balaban J connectivity index is 1.53. The Morgan fingerprint density at radius 1 is 1.06 bits per heavy atom. The molecule has 6 nitrogen and oxygen atoms in total. The standard InChI is InChI=1S/C25H27N3O3/c1-19-17-20(2)28(26-19)14-12-25(29)27(13-6-9-21-7-4-3-5-8-21)22-10-11-23-24(18-22)31-16-15-30-23/h3-11,17-18H,12-16H2,1-2H3/b9-6+. The first kappa shape index (κ1) is 20.7. The lowest BCUT2D eigenvalue weighted by Gasteiger charge is -2.25. The predicted octanol–water partition coefficient (Wildman–Crippen LogP) is 4.41. The van der Waals surface area contributed by atoms with Gasteiger partial charge in [-0.1, -0.05) is 42.5 Å². The number of hydrogen-bond donors (Lipinski definition) is 0. The van der Waals surface area contributed by atoms with Gasteiger partial charge in [0.1, 0.15) is 13.2 Å². The molecule has 0 unspecified atom stereocenters. The summed E-state index contributed by atoms with van der Waals surface area (Å²) in [6.07, 6.45) is 4.39. The Bertz CT molecular complexity index is 1070. The van der Waals surface area contributed by atoms with Crippen LogP contribution in [0.4, 0.5) is 5.69 Å². The molecule has 0 N–H and O–H groups in total. The van der Waals surface area contributed by atoms with Gasteiger partial charge in [-0.2, -0.15) is 5.10 Å². The van der Waals surface area contributed by atoms with Gasteiger partial charge in [-0.15, -0.1) is 0 Å². The van der Waals surface area contributed by atoms with E-state index in [2.05, 4.69) is 5.10 Å². The average molecular weight is 418 g/mol. The summed E-state index contributed by atoms with van der Waals surface area (Å²) in [6.45, 7) is 6.02. The highest BCUT2D eigenvalue weighted by Crippen LogP contribution is 2.34. The van der Waals surface area contributed by atoms with Gasteiger partial charge >= 0.3 is 0 Å². The fourth-order valence-electron chi connectivity index (χ4n) is 3.65. The Morgan fingerprint density at radius 2 is 1.84 bits per heavy atom. The molecule has 0 fully saturated rings. The lowest BCUT2D eigenvalue weighted by atomic mass is 10.2. The minimum Gasteiger partial charge on any atom is -0.486 e. The van der Waals surface area contributed by atoms with Crippen molar-refractivity contribution < 1.29 is 14.3 Å². The van der Waals surface area contributed by atoms with Crippen LogP contribution in [-0.4, -0.2) is 35.4 Å². The number of anilines is 1. The molecule has 1 aliphatic heterocycles. The average Bonchev–Trinajstić information content (AvgIpc) is 3.12. The Labute approximate surface area is 182 Å². The molecular weight excluding hydrogens is 390 g/mol. The van der Waals surface area contributed by atoms with Crippen LogP contribution in [0.1, 0.15) is 23.4 Å². The number of hydrogen-bond acceptors (Lipinski definition) is 4. The smallest absolute Gasteiger partial charge is 0.229 e. The van der Waals surface area contributed by atoms with E-state index in [1.54, 1.807) is 4.90 Å². The second kappa shape index (κ2) is 9.51. The molecule has 0 bridgehead atoms. The molecule has 1 aliphatic rings. The number of fused-ring (bicyclic) bond motifs is 1. The quantitative estimate of drug-likeness (QED) is 0.572. The number of aromatic nitrogens is 2. The predicted molar refractivity (Wildman–Crippen MR) is 122 cm³/mol. The van der Waals surface area contributed by atoms with Gasteiger partial charge in [0.05, 0.1) is 5.69 Å². The van der Waals surface area contributed by atoms with Crippen molar-refractivity contribution in [1.29, 1.82) is 0 Å². The van der Waals surface area contributed by atoms with E-state index < -0.39 is 0 Å². The highest BCUT2D eigenvalue weighted by atomic mass is 16.6. The van der Waals surface area contributed by atoms with Crippen molar-refractivity contribution in [2.24, 2.45) is 0 Å². The molecule has 0 spiro atoms. The summed E-state index contributed by atoms with van der Waals surface area (Å²) in [4.78, 5) is 15.0. The number of aryl methyl sites for hydroxylation is 3. The zero-order valence-corrected chi connectivity index (χ0v) is 18.0. The van der Waals surface area contributed by atoms with Crippen molar-refractivity contribution in [3.63, 3.8) is 0 Å². The third kappa shape index (κ3) is 5.15. The van der Waals surface area contributed by atoms with E-state index in [-0.39, 0.29) is 5.91 Å². The van der Waals surface area contributed by atoms with Crippen LogP contribution in [0, 0.1) is 13.8 Å². The minimum absolute atomic E-state index is 0.0296. The summed E-state index contributed by atoms with van der Waals surface area (Å²) in [5, 5.41) is 4.47. The van der Waals surface area contributed by atoms with Gasteiger partial charge in [-0.3, -0.25) is 9.48 Å². The molecule has 31 heavy (non-hydrogen) atoms. The lowest BCUT2D eigenvalue weighted by Crippen LogP contribution is -2.32. The van der Waals surface area contributed by atoms with Crippen LogP contribution >= 0.6 is 0 Å². The third-order valence-corrected chi connectivity index (χ3v) is 5.18. The maximum atomic E-state index is 13.2. The highest BCUT2D eigenvalue weighted by molar-refractivity contribution is 5.94. The summed E-state index contributed by atoms with van der Waals surface area (Å²) in [5.41, 5.74) is 3.90. The first-order chi connectivity index (χ1) is 15.1. The summed E-state index contributed by atoms with van der Waals surface area (Å²) in [5.74, 6) is 1.42. The molecule has 3 aromatic rings. The fraction of sp³-hybridized carbons (Fsp3) is 0.280. The second-order valence-electron chi connectivity index (χ2n) is 7.55. The number of nitrogens with zero attached hydrogens (tertiary/aromatic N) is 3. The molecular formula is C25H27N3O3. The van der Waals surface area contributed by atoms with Gasteiger partial charge in [-0.25, -0.2) is 0 Å². The Morgan fingerprint density at radius 3 is 2.58 bits per heavy atom. The SMILES string of the molecule is Cc1cc(C)n(CCC(=O)N(C/C=C/c2ccccc2)c2ccc3c(c2)OCCO3)n1. The van der Waals surface area contributed by atoms with Crippen LogP contribution in [-0.2, 0) is 11.3 Å². The number of rotatable bonds is 7. The molecule has 1 amide bonds. The van der Waals surface area contributed by atoms with Gasteiger partial charge in [0.2, 0.25) is 5.91 Å². The van der Waals surface area contributed by atoms with Crippen LogP contribution in [0.2, 0.25) is 0 Å². The van der Waals surface area contributed by atoms with Gasteiger partial charge in [-0.05, 0) is 37.6 Å². The molecule has 2 aromatic carbocycles. The fourth-order valence-corrected chi connectivity index (χ4v) is 3.65. The van der Waals surface area contributed by atoms with Crippen molar-refractivity contribution in [1.82, 2.24) is 9.78 Å². The van der Waals surface area contributed by atoms with Crippen LogP contribution in [0.15, 0.2) is 60.7 Å². The first-order valence-electron chi connectivity index (χ1n) is 10.5. The van der Waals surface area contributed by atoms with Crippen LogP contribution in [0.5, 0.6) is 11.5 Å². The van der Waals surface area contributed by atoms with Gasteiger partial charge < -0.3 is 14.4 Å². The van der Waals surface area contributed by atoms with E-state index in [1.165, 1.54) is 0 Å². The highest BCUT2D eigenvalue weighted by Gasteiger charge is 2.19. The van der Waals surface area contributed by atoms with Crippen molar-refractivity contribution in [2.75, 3.05) is 24.7 Å². The normalized spacial score (nSPS) is 12.8. The topological polar surface area (TPSA) is 56.6 Å². The summed E-state index contributed by atoms with van der Waals surface area (Å²) >= 11 is 0. The Kier molecular flexibility index (Phi) is 6.36. The molecule has 4 rings (SSSR count). The number of ether oxygens (including phenoxy) is 2. The van der Waals surface area contributed by atoms with E-state index >= 15 is 0 Å². The maximum Gasteiger partial charge on any atom is 0.229 e. The van der Waals surface area contributed by atoms with Gasteiger partial charge in [0.25, 0.3) is 0 Å². The van der Waals surface area contributed by atoms with Gasteiger partial charge in [0, 0.05) is 37.0 Å². The second-order valence-corrected chi connectivity index (χ2v) is 7.55. The van der Waals surface area contributed by atoms with E-state index in [1.807, 2.05) is 85.3 Å². The van der Waals surface area contributed by atoms with E-state index in [4.69, 9.17) is 9.47 Å². The summed E-state index contributed by atoms with van der Waals surface area (Å²) in [6, 6.07) is 17.7. The number of carbonyl (C=O) groups excluding carboxylic acids is 1. The van der Waals surface area contributed by atoms with Crippen molar-refractivity contribution in [3.05, 3.63) is 77.6 Å². The lowest BCUT2D eigenvalue weighted by molar-refractivity contribution is -0.118. The van der Waals surface area contributed by atoms with E-state index in [0.717, 1.165) is 22.6 Å². The molecule has 0 aliphatic carbocycles. The van der Waals surface area contributed by atoms with Crippen molar-refractivity contribution >= 4 is 17.7 Å². The third-order valence-electron chi connectivity index (χ3n) is 5.18. The molecule has 1 aromatic heterocycles. The largest absolute Gasteiger partial charge is 0.486 e. The first-order valence-corrected chi connectivity index (χ1v) is 10.5. The van der Waals surface area contributed by atoms with E-state index in [9.17, 15) is 4.79 Å². The number of amides is 1. The zero-order chi connectivity index (χ0) is 21.6. The minimum atomic E-state index is 0.0296. The molecule has 0 radical (unpaired) electrons. The number of carbonyl (C=O) groups is 1. The van der Waals surface area contributed by atoms with Crippen LogP contribution in [0.3, 0.4) is 0 Å². The van der Waals surface area contributed by atoms with Crippen LogP contribution < -0.4 is 14.4 Å². The molecule has 2 heterocycles. The van der Waals surface area contributed by atoms with Gasteiger partial charge in [0.15, 0.2) is 11.5 Å². The maximum absolute atomic E-state index is 13.2. The summed E-state index contributed by atoms with van der Waals surface area (Å²) < 4.78 is 13.2. The molecule has 160 valence electrons. The Hall–Kier alpha value is -3.54. The zero-order valence-electron chi connectivity index (χ0n) is 18.0. The van der Waals surface area contributed by atoms with Crippen molar-refractivity contribution in [3.8, 4) is 11.5 Å².